The van der Waals surface area contributed by atoms with Crippen molar-refractivity contribution < 1.29 is 0 Å². The Morgan fingerprint density at radius 2 is 1.59 bits per heavy atom. The molecule has 8 heteroatoms. The van der Waals surface area contributed by atoms with Crippen LogP contribution in [0.4, 0.5) is 0 Å². The molecule has 4 aromatic rings. The van der Waals surface area contributed by atoms with Gasteiger partial charge in [0.05, 0.1) is 11.7 Å². The van der Waals surface area contributed by atoms with Crippen LogP contribution >= 0.6 is 34.5 Å². The van der Waals surface area contributed by atoms with Crippen molar-refractivity contribution in [2.75, 3.05) is 7.05 Å². The van der Waals surface area contributed by atoms with Crippen LogP contribution in [0.3, 0.4) is 0 Å². The van der Waals surface area contributed by atoms with E-state index in [-0.39, 0.29) is 11.6 Å². The van der Waals surface area contributed by atoms with Crippen LogP contribution in [0.25, 0.3) is 4.96 Å². The molecular formula is C21H18Cl2N4OS. The molecule has 0 radical (unpaired) electrons. The molecule has 0 aliphatic carbocycles. The van der Waals surface area contributed by atoms with Gasteiger partial charge in [-0.05, 0) is 49.4 Å². The van der Waals surface area contributed by atoms with Gasteiger partial charge in [-0.15, -0.1) is 0 Å². The smallest absolute Gasteiger partial charge is 0.275 e. The third-order valence-corrected chi connectivity index (χ3v) is 5.95. The van der Waals surface area contributed by atoms with Crippen molar-refractivity contribution in [1.29, 1.82) is 0 Å². The minimum Gasteiger partial charge on any atom is -0.290 e. The van der Waals surface area contributed by atoms with Crippen LogP contribution in [-0.4, -0.2) is 26.5 Å². The summed E-state index contributed by atoms with van der Waals surface area (Å²) in [4.78, 5) is 19.8. The summed E-state index contributed by atoms with van der Waals surface area (Å²) in [5.41, 5.74) is 2.71. The Morgan fingerprint density at radius 1 is 1.03 bits per heavy atom. The van der Waals surface area contributed by atoms with Crippen LogP contribution in [0.2, 0.25) is 10.0 Å². The molecule has 0 spiro atoms. The molecule has 0 amide bonds. The lowest BCUT2D eigenvalue weighted by Gasteiger charge is -2.29. The third-order valence-electron chi connectivity index (χ3n) is 4.62. The zero-order chi connectivity index (χ0) is 20.5. The quantitative estimate of drug-likeness (QED) is 0.435. The van der Waals surface area contributed by atoms with Crippen LogP contribution < -0.4 is 5.56 Å². The van der Waals surface area contributed by atoms with Gasteiger partial charge in [-0.25, -0.2) is 4.98 Å². The van der Waals surface area contributed by atoms with Crippen molar-refractivity contribution in [2.24, 2.45) is 0 Å². The van der Waals surface area contributed by atoms with E-state index >= 15 is 0 Å². The lowest BCUT2D eigenvalue weighted by atomic mass is 9.97. The zero-order valence-corrected chi connectivity index (χ0v) is 18.2. The summed E-state index contributed by atoms with van der Waals surface area (Å²) in [6.45, 7) is 2.36. The molecule has 29 heavy (non-hydrogen) atoms. The molecule has 0 unspecified atom stereocenters. The maximum atomic E-state index is 12.4. The lowest BCUT2D eigenvalue weighted by molar-refractivity contribution is 0.267. The largest absolute Gasteiger partial charge is 0.290 e. The van der Waals surface area contributed by atoms with Crippen molar-refractivity contribution in [2.45, 2.75) is 19.5 Å². The van der Waals surface area contributed by atoms with E-state index in [9.17, 15) is 4.79 Å². The van der Waals surface area contributed by atoms with E-state index in [4.69, 9.17) is 23.2 Å². The molecule has 0 aliphatic heterocycles. The minimum absolute atomic E-state index is 0.0482. The standard InChI is InChI=1S/C21H18Cl2N4OS/c1-13-25-27-19(28)11-18(24-21(27)29-13)12-26(2)20(14-3-7-16(22)8-4-14)15-5-9-17(23)10-6-15/h3-11,20H,12H2,1-2H3. The van der Waals surface area contributed by atoms with Gasteiger partial charge in [-0.3, -0.25) is 9.69 Å². The van der Waals surface area contributed by atoms with Crippen molar-refractivity contribution in [3.8, 4) is 0 Å². The van der Waals surface area contributed by atoms with Crippen LogP contribution in [0.1, 0.15) is 27.9 Å². The van der Waals surface area contributed by atoms with Crippen molar-refractivity contribution in [1.82, 2.24) is 19.5 Å². The van der Waals surface area contributed by atoms with Gasteiger partial charge in [0, 0.05) is 22.7 Å². The summed E-state index contributed by atoms with van der Waals surface area (Å²) in [7, 11) is 2.01. The number of aryl methyl sites for hydroxylation is 1. The Morgan fingerprint density at radius 3 is 2.14 bits per heavy atom. The van der Waals surface area contributed by atoms with Gasteiger partial charge in [0.25, 0.3) is 5.56 Å². The van der Waals surface area contributed by atoms with Gasteiger partial charge in [0.15, 0.2) is 0 Å². The second kappa shape index (κ2) is 8.24. The van der Waals surface area contributed by atoms with Crippen molar-refractivity contribution in [3.63, 3.8) is 0 Å². The second-order valence-electron chi connectivity index (χ2n) is 6.82. The van der Waals surface area contributed by atoms with Gasteiger partial charge in [0.1, 0.15) is 5.01 Å². The number of nitrogens with zero attached hydrogens (tertiary/aromatic N) is 4. The van der Waals surface area contributed by atoms with Crippen LogP contribution in [-0.2, 0) is 6.54 Å². The Kier molecular flexibility index (Phi) is 5.69. The molecule has 148 valence electrons. The van der Waals surface area contributed by atoms with Gasteiger partial charge in [0.2, 0.25) is 4.96 Å². The molecular weight excluding hydrogens is 427 g/mol. The number of hydrogen-bond acceptors (Lipinski definition) is 5. The molecule has 0 atom stereocenters. The number of halogens is 2. The summed E-state index contributed by atoms with van der Waals surface area (Å²) in [5, 5.41) is 6.38. The van der Waals surface area contributed by atoms with Crippen molar-refractivity contribution >= 4 is 39.5 Å². The molecule has 2 heterocycles. The molecule has 0 fully saturated rings. The molecule has 2 aromatic carbocycles. The summed E-state index contributed by atoms with van der Waals surface area (Å²) < 4.78 is 1.35. The van der Waals surface area contributed by atoms with E-state index in [1.54, 1.807) is 6.07 Å². The normalized spacial score (nSPS) is 11.7. The highest BCUT2D eigenvalue weighted by Crippen LogP contribution is 2.30. The first kappa shape index (κ1) is 20.0. The Hall–Kier alpha value is -2.25. The fourth-order valence-corrected chi connectivity index (χ4v) is 4.39. The molecule has 0 saturated carbocycles. The zero-order valence-electron chi connectivity index (χ0n) is 15.8. The molecule has 0 bridgehead atoms. The summed E-state index contributed by atoms with van der Waals surface area (Å²) in [6.07, 6.45) is 0. The highest BCUT2D eigenvalue weighted by molar-refractivity contribution is 7.16. The fraction of sp³-hybridized carbons (Fsp3) is 0.190. The number of rotatable bonds is 5. The van der Waals surface area contributed by atoms with E-state index in [2.05, 4.69) is 15.0 Å². The monoisotopic (exact) mass is 444 g/mol. The maximum absolute atomic E-state index is 12.4. The average Bonchev–Trinajstić information content (AvgIpc) is 3.06. The molecule has 0 aliphatic rings. The van der Waals surface area contributed by atoms with Gasteiger partial charge in [-0.2, -0.15) is 9.61 Å². The number of hydrogen-bond donors (Lipinski definition) is 0. The lowest BCUT2D eigenvalue weighted by Crippen LogP contribution is -2.27. The Balaban J connectivity index is 1.71. The third kappa shape index (κ3) is 4.36. The average molecular weight is 445 g/mol. The number of benzene rings is 2. The fourth-order valence-electron chi connectivity index (χ4n) is 3.37. The van der Waals surface area contributed by atoms with E-state index in [0.29, 0.717) is 27.2 Å². The maximum Gasteiger partial charge on any atom is 0.275 e. The summed E-state index contributed by atoms with van der Waals surface area (Å²) in [5.74, 6) is 0. The molecule has 0 saturated heterocycles. The highest BCUT2D eigenvalue weighted by atomic mass is 35.5. The van der Waals surface area contributed by atoms with Gasteiger partial charge >= 0.3 is 0 Å². The van der Waals surface area contributed by atoms with Crippen molar-refractivity contribution in [3.05, 3.63) is 96.8 Å². The van der Waals surface area contributed by atoms with E-state index in [0.717, 1.165) is 16.1 Å². The van der Waals surface area contributed by atoms with E-state index in [1.165, 1.54) is 15.9 Å². The number of aromatic nitrogens is 3. The summed E-state index contributed by atoms with van der Waals surface area (Å²) >= 11 is 13.6. The first-order valence-electron chi connectivity index (χ1n) is 8.98. The molecule has 2 aromatic heterocycles. The van der Waals surface area contributed by atoms with Crippen LogP contribution in [0.15, 0.2) is 59.4 Å². The highest BCUT2D eigenvalue weighted by Gasteiger charge is 2.21. The van der Waals surface area contributed by atoms with Crippen LogP contribution in [0, 0.1) is 6.92 Å². The van der Waals surface area contributed by atoms with E-state index in [1.807, 2.05) is 62.5 Å². The first-order valence-corrected chi connectivity index (χ1v) is 10.6. The van der Waals surface area contributed by atoms with E-state index < -0.39 is 0 Å². The topological polar surface area (TPSA) is 50.5 Å². The SMILES string of the molecule is Cc1nn2c(=O)cc(CN(C)C(c3ccc(Cl)cc3)c3ccc(Cl)cc3)nc2s1. The first-order chi connectivity index (χ1) is 13.9. The van der Waals surface area contributed by atoms with Gasteiger partial charge in [-0.1, -0.05) is 58.8 Å². The second-order valence-corrected chi connectivity index (χ2v) is 8.85. The predicted octanol–water partition coefficient (Wildman–Crippen LogP) is 4.99. The van der Waals surface area contributed by atoms with Gasteiger partial charge < -0.3 is 0 Å². The minimum atomic E-state index is -0.169. The Bertz CT molecular complexity index is 1160. The summed E-state index contributed by atoms with van der Waals surface area (Å²) in [6, 6.07) is 17.1. The molecule has 4 rings (SSSR count). The van der Waals surface area contributed by atoms with Crippen LogP contribution in [0.5, 0.6) is 0 Å². The molecule has 5 nitrogen and oxygen atoms in total. The Labute approximate surface area is 182 Å². The predicted molar refractivity (Wildman–Crippen MR) is 118 cm³/mol. The number of fused-ring (bicyclic) bond motifs is 1. The molecule has 0 N–H and O–H groups in total.